The topological polar surface area (TPSA) is 132 Å². The summed E-state index contributed by atoms with van der Waals surface area (Å²) < 4.78 is 0. The Morgan fingerprint density at radius 2 is 1.97 bits per heavy atom. The van der Waals surface area contributed by atoms with Gasteiger partial charge in [-0.2, -0.15) is 5.10 Å². The van der Waals surface area contributed by atoms with Gasteiger partial charge in [0.15, 0.2) is 5.82 Å². The van der Waals surface area contributed by atoms with Gasteiger partial charge >= 0.3 is 0 Å². The number of nitrogens with one attached hydrogen (secondary N) is 4. The van der Waals surface area contributed by atoms with Crippen LogP contribution in [0.5, 0.6) is 0 Å². The second-order valence-electron chi connectivity index (χ2n) is 8.84. The lowest BCUT2D eigenvalue weighted by Gasteiger charge is -2.37. The van der Waals surface area contributed by atoms with Crippen molar-refractivity contribution in [1.29, 1.82) is 0 Å². The van der Waals surface area contributed by atoms with E-state index in [9.17, 15) is 14.4 Å². The molecule has 0 radical (unpaired) electrons. The van der Waals surface area contributed by atoms with Crippen molar-refractivity contribution in [3.05, 3.63) is 11.6 Å². The van der Waals surface area contributed by atoms with E-state index in [1.807, 2.05) is 20.8 Å². The molecule has 3 rings (SSSR count). The molecule has 0 bridgehead atoms. The number of aromatic nitrogens is 3. The van der Waals surface area contributed by atoms with Crippen LogP contribution in [0.2, 0.25) is 0 Å². The Labute approximate surface area is 183 Å². The van der Waals surface area contributed by atoms with Crippen LogP contribution in [-0.4, -0.2) is 75.6 Å². The van der Waals surface area contributed by atoms with E-state index in [2.05, 4.69) is 36.0 Å². The molecule has 10 nitrogen and oxygen atoms in total. The first-order chi connectivity index (χ1) is 14.8. The molecule has 1 aromatic heterocycles. The number of amides is 3. The van der Waals surface area contributed by atoms with Gasteiger partial charge in [-0.05, 0) is 46.5 Å². The molecular formula is C21H35N7O3. The summed E-state index contributed by atoms with van der Waals surface area (Å²) in [6, 6.07) is -0.138. The van der Waals surface area contributed by atoms with E-state index in [1.165, 1.54) is 0 Å². The number of nitrogens with zero attached hydrogens (tertiary/aromatic N) is 3. The standard InChI is InChI=1S/C21H35N7O3/c1-13(2)28-11-10-23-21(31)17(28)12-19(29)25-16-6-4-15(5-7-16)20(30)22-9-8-18-24-14(3)26-27-18/h13,15-17H,4-12H2,1-3H3,(H,22,30)(H,23,31)(H,25,29)(H,24,26,27). The number of carbonyl (C=O) groups excluding carboxylic acids is 3. The van der Waals surface area contributed by atoms with Crippen LogP contribution in [0.1, 0.15) is 57.6 Å². The minimum absolute atomic E-state index is 0.0254. The third-order valence-electron chi connectivity index (χ3n) is 6.17. The Balaban J connectivity index is 1.37. The Morgan fingerprint density at radius 1 is 1.23 bits per heavy atom. The summed E-state index contributed by atoms with van der Waals surface area (Å²) in [5.41, 5.74) is 0. The number of hydrogen-bond acceptors (Lipinski definition) is 6. The van der Waals surface area contributed by atoms with Crippen LogP contribution in [-0.2, 0) is 20.8 Å². The zero-order chi connectivity index (χ0) is 22.4. The number of aromatic amines is 1. The van der Waals surface area contributed by atoms with Crippen LogP contribution in [0.15, 0.2) is 0 Å². The first kappa shape index (κ1) is 23.2. The maximum absolute atomic E-state index is 12.6. The molecule has 1 saturated heterocycles. The normalized spacial score (nSPS) is 24.6. The molecule has 1 aliphatic carbocycles. The predicted octanol–water partition coefficient (Wildman–Crippen LogP) is 0.0457. The van der Waals surface area contributed by atoms with Crippen LogP contribution in [0.4, 0.5) is 0 Å². The van der Waals surface area contributed by atoms with E-state index in [0.29, 0.717) is 25.3 Å². The second-order valence-corrected chi connectivity index (χ2v) is 8.84. The smallest absolute Gasteiger partial charge is 0.237 e. The van der Waals surface area contributed by atoms with Crippen LogP contribution < -0.4 is 16.0 Å². The van der Waals surface area contributed by atoms with Gasteiger partial charge in [0.25, 0.3) is 0 Å². The van der Waals surface area contributed by atoms with Crippen molar-refractivity contribution >= 4 is 17.7 Å². The molecule has 0 spiro atoms. The van der Waals surface area contributed by atoms with Crippen LogP contribution in [0, 0.1) is 12.8 Å². The molecule has 10 heteroatoms. The Kier molecular flexibility index (Phi) is 8.00. The van der Waals surface area contributed by atoms with Crippen LogP contribution in [0.25, 0.3) is 0 Å². The molecule has 172 valence electrons. The summed E-state index contributed by atoms with van der Waals surface area (Å²) in [7, 11) is 0. The van der Waals surface area contributed by atoms with E-state index < -0.39 is 6.04 Å². The van der Waals surface area contributed by atoms with Gasteiger partial charge in [-0.25, -0.2) is 4.98 Å². The van der Waals surface area contributed by atoms with Gasteiger partial charge in [0, 0.05) is 44.1 Å². The van der Waals surface area contributed by atoms with Gasteiger partial charge in [-0.1, -0.05) is 0 Å². The van der Waals surface area contributed by atoms with Gasteiger partial charge in [0.2, 0.25) is 17.7 Å². The highest BCUT2D eigenvalue weighted by Crippen LogP contribution is 2.25. The Bertz CT molecular complexity index is 771. The number of rotatable bonds is 8. The van der Waals surface area contributed by atoms with E-state index in [1.54, 1.807) is 0 Å². The summed E-state index contributed by atoms with van der Waals surface area (Å²) in [5.74, 6) is 1.33. The fourth-order valence-corrected chi connectivity index (χ4v) is 4.47. The van der Waals surface area contributed by atoms with Crippen molar-refractivity contribution < 1.29 is 14.4 Å². The average Bonchev–Trinajstić information content (AvgIpc) is 3.14. The summed E-state index contributed by atoms with van der Waals surface area (Å²) in [6.07, 6.45) is 3.81. The molecule has 2 heterocycles. The third-order valence-corrected chi connectivity index (χ3v) is 6.17. The molecule has 1 aliphatic heterocycles. The minimum atomic E-state index is -0.413. The van der Waals surface area contributed by atoms with Gasteiger partial charge in [-0.15, -0.1) is 0 Å². The van der Waals surface area contributed by atoms with E-state index >= 15 is 0 Å². The highest BCUT2D eigenvalue weighted by atomic mass is 16.2. The summed E-state index contributed by atoms with van der Waals surface area (Å²) >= 11 is 0. The van der Waals surface area contributed by atoms with Crippen molar-refractivity contribution in [1.82, 2.24) is 36.0 Å². The molecule has 1 aromatic rings. The van der Waals surface area contributed by atoms with Crippen LogP contribution >= 0.6 is 0 Å². The number of aryl methyl sites for hydroxylation is 1. The summed E-state index contributed by atoms with van der Waals surface area (Å²) in [6.45, 7) is 7.83. The van der Waals surface area contributed by atoms with Crippen molar-refractivity contribution in [3.8, 4) is 0 Å². The lowest BCUT2D eigenvalue weighted by Crippen LogP contribution is -2.58. The van der Waals surface area contributed by atoms with Gasteiger partial charge in [0.1, 0.15) is 5.82 Å². The minimum Gasteiger partial charge on any atom is -0.355 e. The quantitative estimate of drug-likeness (QED) is 0.458. The first-order valence-corrected chi connectivity index (χ1v) is 11.3. The molecule has 1 atom stereocenters. The largest absolute Gasteiger partial charge is 0.355 e. The summed E-state index contributed by atoms with van der Waals surface area (Å²) in [4.78, 5) is 43.6. The highest BCUT2D eigenvalue weighted by molar-refractivity contribution is 5.89. The summed E-state index contributed by atoms with van der Waals surface area (Å²) in [5, 5.41) is 15.8. The zero-order valence-corrected chi connectivity index (χ0v) is 18.7. The number of carbonyl (C=O) groups is 3. The lowest BCUT2D eigenvalue weighted by molar-refractivity contribution is -0.135. The Morgan fingerprint density at radius 3 is 2.61 bits per heavy atom. The maximum Gasteiger partial charge on any atom is 0.237 e. The lowest BCUT2D eigenvalue weighted by atomic mass is 9.85. The fourth-order valence-electron chi connectivity index (χ4n) is 4.47. The predicted molar refractivity (Wildman–Crippen MR) is 115 cm³/mol. The van der Waals surface area contributed by atoms with E-state index in [-0.39, 0.29) is 42.1 Å². The number of H-pyrrole nitrogens is 1. The second kappa shape index (κ2) is 10.7. The number of hydrogen-bond donors (Lipinski definition) is 4. The number of piperazine rings is 1. The van der Waals surface area contributed by atoms with Crippen LogP contribution in [0.3, 0.4) is 0 Å². The molecule has 0 aromatic carbocycles. The van der Waals surface area contributed by atoms with Crippen molar-refractivity contribution in [2.24, 2.45) is 5.92 Å². The van der Waals surface area contributed by atoms with Gasteiger partial charge < -0.3 is 16.0 Å². The van der Waals surface area contributed by atoms with Crippen molar-refractivity contribution in [2.45, 2.75) is 77.4 Å². The molecule has 2 fully saturated rings. The molecule has 1 unspecified atom stereocenters. The maximum atomic E-state index is 12.6. The van der Waals surface area contributed by atoms with E-state index in [0.717, 1.165) is 38.1 Å². The van der Waals surface area contributed by atoms with Gasteiger partial charge in [-0.3, -0.25) is 24.4 Å². The van der Waals surface area contributed by atoms with Crippen molar-refractivity contribution in [2.75, 3.05) is 19.6 Å². The van der Waals surface area contributed by atoms with Crippen molar-refractivity contribution in [3.63, 3.8) is 0 Å². The first-order valence-electron chi connectivity index (χ1n) is 11.3. The molecule has 4 N–H and O–H groups in total. The molecule has 1 saturated carbocycles. The molecule has 31 heavy (non-hydrogen) atoms. The molecule has 2 aliphatic rings. The zero-order valence-electron chi connectivity index (χ0n) is 18.7. The molecule has 3 amide bonds. The highest BCUT2D eigenvalue weighted by Gasteiger charge is 2.34. The SMILES string of the molecule is Cc1nc(CCNC(=O)C2CCC(NC(=O)CC3C(=O)NCCN3C(C)C)CC2)n[nH]1. The third kappa shape index (κ3) is 6.49. The monoisotopic (exact) mass is 433 g/mol. The average molecular weight is 434 g/mol. The van der Waals surface area contributed by atoms with E-state index in [4.69, 9.17) is 0 Å². The Hall–Kier alpha value is -2.49. The van der Waals surface area contributed by atoms with Gasteiger partial charge in [0.05, 0.1) is 12.5 Å². The fraction of sp³-hybridized carbons (Fsp3) is 0.762. The molecular weight excluding hydrogens is 398 g/mol.